The molecule has 1 aromatic carbocycles. The molecule has 1 N–H and O–H groups in total. The molecule has 0 aliphatic carbocycles. The molecule has 4 nitrogen and oxygen atoms in total. The number of hydrogen-bond acceptors (Lipinski definition) is 3. The Morgan fingerprint density at radius 3 is 2.57 bits per heavy atom. The average Bonchev–Trinajstić information content (AvgIpc) is 2.47. The van der Waals surface area contributed by atoms with Crippen LogP contribution in [0.15, 0.2) is 54.9 Å². The molecule has 0 spiro atoms. The Hall–Kier alpha value is -0.759. The van der Waals surface area contributed by atoms with E-state index >= 15 is 0 Å². The van der Waals surface area contributed by atoms with Crippen LogP contribution in [0.2, 0.25) is 6.82 Å². The molecule has 0 saturated heterocycles. The van der Waals surface area contributed by atoms with Crippen LogP contribution in [0.1, 0.15) is 5.56 Å². The summed E-state index contributed by atoms with van der Waals surface area (Å²) in [5, 5.41) is 13.9. The van der Waals surface area contributed by atoms with Crippen molar-refractivity contribution in [3.05, 3.63) is 60.4 Å². The third-order valence-electron chi connectivity index (χ3n) is 2.76. The number of pyridine rings is 1. The van der Waals surface area contributed by atoms with Crippen LogP contribution in [0.25, 0.3) is 6.08 Å². The molecule has 1 amide bonds. The van der Waals surface area contributed by atoms with Crippen LogP contribution in [0.3, 0.4) is 0 Å². The monoisotopic (exact) mass is 304 g/mol. The molecule has 1 aromatic heterocycles. The van der Waals surface area contributed by atoms with Crippen molar-refractivity contribution < 1.29 is 61.2 Å². The predicted octanol–water partition coefficient (Wildman–Crippen LogP) is -2.07. The molecule has 21 heavy (non-hydrogen) atoms. The molecular formula is C15H14BKN2O2. The summed E-state index contributed by atoms with van der Waals surface area (Å²) in [7, 11) is 0. The molecule has 0 bridgehead atoms. The van der Waals surface area contributed by atoms with Crippen LogP contribution in [0.4, 0.5) is 5.69 Å². The largest absolute Gasteiger partial charge is 1.00 e. The maximum Gasteiger partial charge on any atom is 1.00 e. The van der Waals surface area contributed by atoms with Gasteiger partial charge in [-0.2, -0.15) is 0 Å². The van der Waals surface area contributed by atoms with Crippen LogP contribution in [0, 0.1) is 0 Å². The van der Waals surface area contributed by atoms with Crippen molar-refractivity contribution in [1.29, 1.82) is 0 Å². The van der Waals surface area contributed by atoms with Crippen molar-refractivity contribution in [3.63, 3.8) is 0 Å². The predicted molar refractivity (Wildman–Crippen MR) is 79.6 cm³/mol. The van der Waals surface area contributed by atoms with Crippen molar-refractivity contribution in [2.24, 2.45) is 0 Å². The summed E-state index contributed by atoms with van der Waals surface area (Å²) >= 11 is 0. The molecule has 0 atom stereocenters. The number of amides is 1. The van der Waals surface area contributed by atoms with Gasteiger partial charge in [-0.3, -0.25) is 9.78 Å². The van der Waals surface area contributed by atoms with E-state index in [9.17, 15) is 9.82 Å². The fourth-order valence-corrected chi connectivity index (χ4v) is 1.67. The van der Waals surface area contributed by atoms with Crippen LogP contribution in [-0.4, -0.2) is 17.8 Å². The summed E-state index contributed by atoms with van der Waals surface area (Å²) in [5.41, 5.74) is 2.22. The van der Waals surface area contributed by atoms with E-state index in [0.717, 1.165) is 5.56 Å². The third kappa shape index (κ3) is 6.25. The Labute approximate surface area is 167 Å². The van der Waals surface area contributed by atoms with Gasteiger partial charge in [0.05, 0.1) is 6.92 Å². The fourth-order valence-electron chi connectivity index (χ4n) is 1.67. The first-order chi connectivity index (χ1) is 9.65. The summed E-state index contributed by atoms with van der Waals surface area (Å²) < 4.78 is 0. The molecular weight excluding hydrogens is 290 g/mol. The van der Waals surface area contributed by atoms with E-state index < -0.39 is 6.92 Å². The number of hydrogen-bond donors (Lipinski definition) is 1. The van der Waals surface area contributed by atoms with Crippen LogP contribution in [-0.2, 0) is 4.79 Å². The molecule has 0 radical (unpaired) electrons. The van der Waals surface area contributed by atoms with E-state index in [4.69, 9.17) is 0 Å². The first-order valence-electron chi connectivity index (χ1n) is 6.30. The van der Waals surface area contributed by atoms with Crippen molar-refractivity contribution in [2.75, 3.05) is 5.32 Å². The molecule has 0 unspecified atom stereocenters. The Morgan fingerprint density at radius 1 is 1.29 bits per heavy atom. The zero-order chi connectivity index (χ0) is 14.4. The smallest absolute Gasteiger partial charge is 0.876 e. The van der Waals surface area contributed by atoms with Gasteiger partial charge in [0.15, 0.2) is 0 Å². The standard InChI is InChI=1S/C15H14BN2O2.K/c1-16(20)13-5-7-14(8-6-13)18-15(19)9-4-12-3-2-10-17-11-12;/h2-11H,1H3,(H,18,19);/q-1;+1/b9-4+;. The maximum atomic E-state index is 11.7. The van der Waals surface area contributed by atoms with E-state index in [1.807, 2.05) is 6.07 Å². The number of nitrogens with zero attached hydrogens (tertiary/aromatic N) is 1. The third-order valence-corrected chi connectivity index (χ3v) is 2.76. The number of anilines is 1. The molecule has 0 fully saturated rings. The number of nitrogens with one attached hydrogen (secondary N) is 1. The van der Waals surface area contributed by atoms with Crippen LogP contribution >= 0.6 is 0 Å². The normalized spacial score (nSPS) is 10.0. The summed E-state index contributed by atoms with van der Waals surface area (Å²) in [5.74, 6) is -0.225. The van der Waals surface area contributed by atoms with Crippen molar-refractivity contribution in [1.82, 2.24) is 4.98 Å². The molecule has 100 valence electrons. The average molecular weight is 304 g/mol. The van der Waals surface area contributed by atoms with Crippen molar-refractivity contribution in [3.8, 4) is 0 Å². The first-order valence-corrected chi connectivity index (χ1v) is 6.30. The van der Waals surface area contributed by atoms with Gasteiger partial charge in [0.1, 0.15) is 0 Å². The number of rotatable bonds is 4. The van der Waals surface area contributed by atoms with Gasteiger partial charge in [-0.25, -0.2) is 0 Å². The fraction of sp³-hybridized carbons (Fsp3) is 0.0667. The zero-order valence-corrected chi connectivity index (χ0v) is 15.2. The van der Waals surface area contributed by atoms with Gasteiger partial charge in [-0.15, -0.1) is 5.46 Å². The van der Waals surface area contributed by atoms with E-state index in [1.54, 1.807) is 55.6 Å². The second-order valence-corrected chi connectivity index (χ2v) is 4.37. The molecule has 0 aliphatic heterocycles. The Bertz CT molecular complexity index is 601. The number of aromatic nitrogens is 1. The van der Waals surface area contributed by atoms with Crippen LogP contribution < -0.4 is 67.2 Å². The van der Waals surface area contributed by atoms with Gasteiger partial charge in [0.25, 0.3) is 0 Å². The summed E-state index contributed by atoms with van der Waals surface area (Å²) in [6.07, 6.45) is 6.49. The van der Waals surface area contributed by atoms with Gasteiger partial charge in [-0.05, 0) is 29.8 Å². The van der Waals surface area contributed by atoms with Gasteiger partial charge in [-0.1, -0.05) is 25.0 Å². The van der Waals surface area contributed by atoms with E-state index in [0.29, 0.717) is 11.2 Å². The van der Waals surface area contributed by atoms with E-state index in [1.165, 1.54) is 6.08 Å². The second-order valence-electron chi connectivity index (χ2n) is 4.37. The molecule has 6 heteroatoms. The minimum atomic E-state index is -0.759. The molecule has 0 aliphatic rings. The second kappa shape index (κ2) is 9.30. The van der Waals surface area contributed by atoms with Crippen molar-refractivity contribution in [2.45, 2.75) is 6.82 Å². The number of benzene rings is 1. The van der Waals surface area contributed by atoms with Gasteiger partial charge < -0.3 is 10.3 Å². The van der Waals surface area contributed by atoms with Gasteiger partial charge in [0.2, 0.25) is 5.91 Å². The maximum absolute atomic E-state index is 11.7. The Kier molecular flexibility index (Phi) is 8.10. The molecule has 1 heterocycles. The Morgan fingerprint density at radius 2 is 2.00 bits per heavy atom. The van der Waals surface area contributed by atoms with Gasteiger partial charge in [0, 0.05) is 24.2 Å². The van der Waals surface area contributed by atoms with Gasteiger partial charge >= 0.3 is 51.4 Å². The summed E-state index contributed by atoms with van der Waals surface area (Å²) in [4.78, 5) is 15.7. The van der Waals surface area contributed by atoms with E-state index in [2.05, 4.69) is 10.3 Å². The minimum Gasteiger partial charge on any atom is -0.876 e. The quantitative estimate of drug-likeness (QED) is 0.521. The minimum absolute atomic E-state index is 0. The number of carbonyl (C=O) groups excluding carboxylic acids is 1. The SMILES string of the molecule is CB([O-])c1ccc(NC(=O)/C=C/c2cccnc2)cc1.[K+]. The summed E-state index contributed by atoms with van der Waals surface area (Å²) in [6, 6.07) is 10.6. The molecule has 0 saturated carbocycles. The zero-order valence-electron chi connectivity index (χ0n) is 12.1. The summed E-state index contributed by atoms with van der Waals surface area (Å²) in [6.45, 7) is 0.828. The van der Waals surface area contributed by atoms with Crippen molar-refractivity contribution >= 4 is 30.0 Å². The topological polar surface area (TPSA) is 65.0 Å². The van der Waals surface area contributed by atoms with Crippen LogP contribution in [0.5, 0.6) is 0 Å². The molecule has 2 rings (SSSR count). The Balaban J connectivity index is 0.00000220. The first kappa shape index (κ1) is 18.3. The number of carbonyl (C=O) groups is 1. The van der Waals surface area contributed by atoms with E-state index in [-0.39, 0.29) is 57.3 Å². The molecule has 2 aromatic rings.